The molecular formula is C50H47Cl2N3O7. The quantitative estimate of drug-likeness (QED) is 0.110. The molecule has 3 heterocycles. The molecule has 8 rings (SSSR count). The molecule has 6 aromatic rings. The van der Waals surface area contributed by atoms with Crippen molar-refractivity contribution in [2.45, 2.75) is 77.4 Å². The second kappa shape index (κ2) is 18.9. The van der Waals surface area contributed by atoms with Crippen molar-refractivity contribution in [3.8, 4) is 28.7 Å². The maximum atomic E-state index is 14.4. The summed E-state index contributed by atoms with van der Waals surface area (Å²) in [7, 11) is 0. The van der Waals surface area contributed by atoms with Crippen molar-refractivity contribution in [2.75, 3.05) is 6.61 Å². The van der Waals surface area contributed by atoms with Gasteiger partial charge in [0.1, 0.15) is 36.5 Å². The summed E-state index contributed by atoms with van der Waals surface area (Å²) in [6.07, 6.45) is 2.55. The number of pyridine rings is 1. The standard InChI is InChI=1S/C50H47Cl2N3O7/c1-4-43(34-8-6-5-7-9-34)55-27-37-26-47-46(60-29-48(62-47)35-13-17-38(18-14-35)59-28-33-12-19-40(51)41(52)22-33)25-36(37)24-44(55)49(56)54-42(50(57)58)23-32-10-15-39(16-11-32)61-45-20-21-53-31(3)30(45)2/h5-22,25-26,42-44,48H,4,23-24,27-29H2,1-3H3,(H,54,56)(H,57,58). The molecule has 62 heavy (non-hydrogen) atoms. The van der Waals surface area contributed by atoms with Crippen LogP contribution < -0.4 is 24.3 Å². The summed E-state index contributed by atoms with van der Waals surface area (Å²) < 4.78 is 24.9. The van der Waals surface area contributed by atoms with Gasteiger partial charge in [-0.05, 0) is 115 Å². The summed E-state index contributed by atoms with van der Waals surface area (Å²) in [6.45, 7) is 7.07. The molecule has 0 aliphatic carbocycles. The molecule has 0 spiro atoms. The van der Waals surface area contributed by atoms with Gasteiger partial charge in [0, 0.05) is 36.5 Å². The zero-order valence-electron chi connectivity index (χ0n) is 34.6. The molecular weight excluding hydrogens is 825 g/mol. The molecule has 0 radical (unpaired) electrons. The number of carboxylic acid groups (broad SMARTS) is 1. The predicted octanol–water partition coefficient (Wildman–Crippen LogP) is 10.6. The van der Waals surface area contributed by atoms with Crippen LogP contribution in [0.2, 0.25) is 10.0 Å². The van der Waals surface area contributed by atoms with Gasteiger partial charge in [-0.1, -0.05) is 90.8 Å². The first-order valence-electron chi connectivity index (χ1n) is 20.7. The van der Waals surface area contributed by atoms with Gasteiger partial charge in [0.05, 0.1) is 16.1 Å². The Bertz CT molecular complexity index is 2550. The molecule has 4 atom stereocenters. The van der Waals surface area contributed by atoms with Crippen molar-refractivity contribution < 1.29 is 33.6 Å². The van der Waals surface area contributed by atoms with Gasteiger partial charge < -0.3 is 29.4 Å². The fraction of sp³-hybridized carbons (Fsp3) is 0.260. The van der Waals surface area contributed by atoms with E-state index in [0.717, 1.165) is 51.1 Å². The summed E-state index contributed by atoms with van der Waals surface area (Å²) in [5, 5.41) is 14.3. The van der Waals surface area contributed by atoms with Crippen molar-refractivity contribution >= 4 is 35.1 Å². The van der Waals surface area contributed by atoms with Crippen LogP contribution in [0.1, 0.15) is 70.1 Å². The second-order valence-corrected chi connectivity index (χ2v) is 16.5. The molecule has 10 nitrogen and oxygen atoms in total. The van der Waals surface area contributed by atoms with Gasteiger partial charge >= 0.3 is 5.97 Å². The second-order valence-electron chi connectivity index (χ2n) is 15.7. The Hall–Kier alpha value is -6.07. The Labute approximate surface area is 371 Å². The van der Waals surface area contributed by atoms with E-state index in [1.165, 1.54) is 0 Å². The lowest BCUT2D eigenvalue weighted by molar-refractivity contribution is -0.143. The molecule has 12 heteroatoms. The van der Waals surface area contributed by atoms with E-state index < -0.39 is 18.1 Å². The van der Waals surface area contributed by atoms with Gasteiger partial charge in [0.25, 0.3) is 0 Å². The lowest BCUT2D eigenvalue weighted by Crippen LogP contribution is -2.55. The van der Waals surface area contributed by atoms with Crippen LogP contribution in [0, 0.1) is 13.8 Å². The molecule has 318 valence electrons. The minimum Gasteiger partial charge on any atom is -0.489 e. The average molecular weight is 873 g/mol. The van der Waals surface area contributed by atoms with Crippen LogP contribution in [0.25, 0.3) is 0 Å². The van der Waals surface area contributed by atoms with Gasteiger partial charge in [0.2, 0.25) is 5.91 Å². The number of nitrogens with zero attached hydrogens (tertiary/aromatic N) is 2. The smallest absolute Gasteiger partial charge is 0.326 e. The highest BCUT2D eigenvalue weighted by Gasteiger charge is 2.39. The molecule has 1 amide bonds. The molecule has 0 fully saturated rings. The van der Waals surface area contributed by atoms with E-state index in [0.29, 0.717) is 65.0 Å². The summed E-state index contributed by atoms with van der Waals surface area (Å²) >= 11 is 12.2. The van der Waals surface area contributed by atoms with Gasteiger partial charge in [-0.15, -0.1) is 0 Å². The molecule has 2 aliphatic rings. The first-order chi connectivity index (χ1) is 30.0. The van der Waals surface area contributed by atoms with Crippen LogP contribution in [-0.2, 0) is 35.6 Å². The number of carbonyl (C=O) groups excluding carboxylic acids is 1. The fourth-order valence-corrected chi connectivity index (χ4v) is 8.39. The number of halogens is 2. The Morgan fingerprint density at radius 3 is 2.32 bits per heavy atom. The van der Waals surface area contributed by atoms with Gasteiger partial charge in [-0.25, -0.2) is 4.79 Å². The number of amides is 1. The van der Waals surface area contributed by atoms with Crippen LogP contribution in [0.4, 0.5) is 0 Å². The molecule has 0 saturated heterocycles. The summed E-state index contributed by atoms with van der Waals surface area (Å²) in [5.74, 6) is 1.80. The van der Waals surface area contributed by atoms with Crippen molar-refractivity contribution in [3.05, 3.63) is 176 Å². The minimum atomic E-state index is -1.15. The molecule has 5 aromatic carbocycles. The van der Waals surface area contributed by atoms with E-state index in [4.69, 9.17) is 42.1 Å². The lowest BCUT2D eigenvalue weighted by atomic mass is 9.89. The zero-order valence-corrected chi connectivity index (χ0v) is 36.2. The highest BCUT2D eigenvalue weighted by atomic mass is 35.5. The Morgan fingerprint density at radius 1 is 0.871 bits per heavy atom. The molecule has 2 N–H and O–H groups in total. The molecule has 0 saturated carbocycles. The Balaban J connectivity index is 0.979. The van der Waals surface area contributed by atoms with Crippen molar-refractivity contribution in [2.24, 2.45) is 0 Å². The molecule has 1 aromatic heterocycles. The minimum absolute atomic E-state index is 0.0995. The predicted molar refractivity (Wildman–Crippen MR) is 239 cm³/mol. The Kier molecular flexibility index (Phi) is 13.0. The first kappa shape index (κ1) is 42.6. The number of carbonyl (C=O) groups is 2. The highest BCUT2D eigenvalue weighted by molar-refractivity contribution is 6.42. The molecule has 2 aliphatic heterocycles. The normalized spacial score (nSPS) is 16.7. The van der Waals surface area contributed by atoms with E-state index in [2.05, 4.69) is 34.3 Å². The maximum Gasteiger partial charge on any atom is 0.326 e. The van der Waals surface area contributed by atoms with Crippen LogP contribution in [0.15, 0.2) is 121 Å². The van der Waals surface area contributed by atoms with Gasteiger partial charge in [-0.3, -0.25) is 14.7 Å². The lowest BCUT2D eigenvalue weighted by Gasteiger charge is -2.42. The number of ether oxygens (including phenoxy) is 4. The highest BCUT2D eigenvalue weighted by Crippen LogP contribution is 2.43. The third-order valence-corrected chi connectivity index (χ3v) is 12.4. The van der Waals surface area contributed by atoms with Crippen LogP contribution in [0.3, 0.4) is 0 Å². The number of hydrogen-bond acceptors (Lipinski definition) is 8. The largest absolute Gasteiger partial charge is 0.489 e. The first-order valence-corrected chi connectivity index (χ1v) is 21.4. The van der Waals surface area contributed by atoms with Crippen LogP contribution in [-0.4, -0.2) is 45.6 Å². The van der Waals surface area contributed by atoms with E-state index in [9.17, 15) is 14.7 Å². The van der Waals surface area contributed by atoms with Crippen molar-refractivity contribution in [1.29, 1.82) is 0 Å². The number of rotatable bonds is 14. The summed E-state index contributed by atoms with van der Waals surface area (Å²) in [5.41, 5.74) is 7.48. The number of hydrogen-bond donors (Lipinski definition) is 2. The number of aryl methyl sites for hydroxylation is 1. The average Bonchev–Trinajstić information content (AvgIpc) is 3.28. The number of nitrogens with one attached hydrogen (secondary N) is 1. The van der Waals surface area contributed by atoms with Crippen molar-refractivity contribution in [1.82, 2.24) is 15.2 Å². The summed E-state index contributed by atoms with van der Waals surface area (Å²) in [4.78, 5) is 33.6. The Morgan fingerprint density at radius 2 is 1.60 bits per heavy atom. The van der Waals surface area contributed by atoms with E-state index in [-0.39, 0.29) is 24.5 Å². The topological polar surface area (TPSA) is 119 Å². The van der Waals surface area contributed by atoms with E-state index in [1.54, 1.807) is 30.5 Å². The molecule has 4 unspecified atom stereocenters. The summed E-state index contributed by atoms with van der Waals surface area (Å²) in [6, 6.07) is 34.4. The number of fused-ring (bicyclic) bond motifs is 2. The van der Waals surface area contributed by atoms with E-state index in [1.807, 2.05) is 92.7 Å². The number of aromatic nitrogens is 1. The number of aliphatic carboxylic acids is 1. The van der Waals surface area contributed by atoms with Crippen LogP contribution in [0.5, 0.6) is 28.7 Å². The third-order valence-electron chi connectivity index (χ3n) is 11.6. The number of benzene rings is 5. The molecule has 0 bridgehead atoms. The van der Waals surface area contributed by atoms with Crippen molar-refractivity contribution in [3.63, 3.8) is 0 Å². The monoisotopic (exact) mass is 871 g/mol. The van der Waals surface area contributed by atoms with Gasteiger partial charge in [0.15, 0.2) is 17.6 Å². The van der Waals surface area contributed by atoms with Crippen LogP contribution >= 0.6 is 23.2 Å². The SMILES string of the molecule is CCC(c1ccccc1)N1Cc2cc3c(cc2CC1C(=O)NC(Cc1ccc(Oc2ccnc(C)c2C)cc1)C(=O)O)OCC(c1ccc(OCc2ccc(Cl)c(Cl)c2)cc1)O3. The number of carboxylic acids is 1. The third kappa shape index (κ3) is 9.68. The zero-order chi connectivity index (χ0) is 43.3. The fourth-order valence-electron chi connectivity index (χ4n) is 8.07. The van der Waals surface area contributed by atoms with Gasteiger partial charge in [-0.2, -0.15) is 0 Å². The maximum absolute atomic E-state index is 14.4. The van der Waals surface area contributed by atoms with E-state index >= 15 is 0 Å².